The van der Waals surface area contributed by atoms with Crippen LogP contribution in [0, 0.1) is 12.7 Å². The van der Waals surface area contributed by atoms with Crippen LogP contribution in [0.3, 0.4) is 0 Å². The van der Waals surface area contributed by atoms with Gasteiger partial charge in [-0.15, -0.1) is 11.3 Å². The van der Waals surface area contributed by atoms with Crippen molar-refractivity contribution in [3.8, 4) is 5.75 Å². The van der Waals surface area contributed by atoms with Crippen LogP contribution in [0.1, 0.15) is 10.7 Å². The number of carbonyl (C=O) groups excluding carboxylic acids is 1. The van der Waals surface area contributed by atoms with Crippen LogP contribution in [0.15, 0.2) is 23.6 Å². The molecule has 0 aliphatic heterocycles. The Labute approximate surface area is 144 Å². The van der Waals surface area contributed by atoms with Crippen molar-refractivity contribution < 1.29 is 18.7 Å². The third-order valence-corrected chi connectivity index (χ3v) is 3.96. The fourth-order valence-electron chi connectivity index (χ4n) is 1.95. The van der Waals surface area contributed by atoms with E-state index >= 15 is 0 Å². The van der Waals surface area contributed by atoms with Crippen LogP contribution in [0.2, 0.25) is 0 Å². The normalized spacial score (nSPS) is 10.5. The van der Waals surface area contributed by atoms with Gasteiger partial charge in [0.1, 0.15) is 6.61 Å². The Kier molecular flexibility index (Phi) is 6.51. The van der Waals surface area contributed by atoms with E-state index in [2.05, 4.69) is 10.3 Å². The molecule has 0 aliphatic carbocycles. The first-order chi connectivity index (χ1) is 11.5. The van der Waals surface area contributed by atoms with Crippen LogP contribution < -0.4 is 10.1 Å². The summed E-state index contributed by atoms with van der Waals surface area (Å²) in [6, 6.07) is 3.95. The number of amides is 2. The zero-order valence-corrected chi connectivity index (χ0v) is 14.7. The second-order valence-electron chi connectivity index (χ2n) is 5.13. The lowest BCUT2D eigenvalue weighted by Gasteiger charge is -2.17. The third kappa shape index (κ3) is 5.17. The Bertz CT molecular complexity index is 693. The zero-order chi connectivity index (χ0) is 17.5. The van der Waals surface area contributed by atoms with Crippen molar-refractivity contribution in [1.82, 2.24) is 9.88 Å². The smallest absolute Gasteiger partial charge is 0.321 e. The summed E-state index contributed by atoms with van der Waals surface area (Å²) < 4.78 is 24.0. The molecule has 24 heavy (non-hydrogen) atoms. The summed E-state index contributed by atoms with van der Waals surface area (Å²) in [5.41, 5.74) is 1.18. The van der Waals surface area contributed by atoms with Crippen molar-refractivity contribution in [1.29, 1.82) is 0 Å². The van der Waals surface area contributed by atoms with Crippen molar-refractivity contribution in [2.75, 3.05) is 32.7 Å². The maximum atomic E-state index is 13.9. The highest BCUT2D eigenvalue weighted by Crippen LogP contribution is 2.21. The van der Waals surface area contributed by atoms with Crippen LogP contribution in [0.5, 0.6) is 5.75 Å². The van der Waals surface area contributed by atoms with E-state index in [0.29, 0.717) is 18.8 Å². The van der Waals surface area contributed by atoms with Crippen LogP contribution in [0.4, 0.5) is 14.9 Å². The minimum Gasteiger partial charge on any atom is -0.488 e. The summed E-state index contributed by atoms with van der Waals surface area (Å²) >= 11 is 1.53. The molecule has 0 atom stereocenters. The Morgan fingerprint density at radius 2 is 2.21 bits per heavy atom. The lowest BCUT2D eigenvalue weighted by atomic mass is 10.3. The van der Waals surface area contributed by atoms with Gasteiger partial charge in [-0.25, -0.2) is 14.2 Å². The van der Waals surface area contributed by atoms with E-state index in [1.165, 1.54) is 28.4 Å². The Hall–Kier alpha value is -2.19. The lowest BCUT2D eigenvalue weighted by molar-refractivity contribution is 0.144. The number of urea groups is 1. The van der Waals surface area contributed by atoms with E-state index < -0.39 is 5.82 Å². The number of ether oxygens (including phenoxy) is 2. The summed E-state index contributed by atoms with van der Waals surface area (Å²) in [4.78, 5) is 17.9. The van der Waals surface area contributed by atoms with Gasteiger partial charge in [0.2, 0.25) is 0 Å². The largest absolute Gasteiger partial charge is 0.488 e. The monoisotopic (exact) mass is 353 g/mol. The van der Waals surface area contributed by atoms with E-state index in [-0.39, 0.29) is 18.4 Å². The molecular weight excluding hydrogens is 333 g/mol. The molecule has 0 aliphatic rings. The highest BCUT2D eigenvalue weighted by Gasteiger charge is 2.12. The standard InChI is InChI=1S/C16H20FN3O3S/c1-11-18-13(10-24-11)9-20(2)16(21)19-12-4-5-15(14(17)8-12)23-7-6-22-3/h4-5,8,10H,6-7,9H2,1-3H3,(H,19,21). The van der Waals surface area contributed by atoms with Gasteiger partial charge in [-0.1, -0.05) is 0 Å². The Balaban J connectivity index is 1.92. The predicted octanol–water partition coefficient (Wildman–Crippen LogP) is 3.28. The second kappa shape index (κ2) is 8.60. The van der Waals surface area contributed by atoms with Crippen molar-refractivity contribution in [2.45, 2.75) is 13.5 Å². The molecule has 0 saturated heterocycles. The molecule has 2 rings (SSSR count). The van der Waals surface area contributed by atoms with Crippen molar-refractivity contribution >= 4 is 23.1 Å². The first-order valence-electron chi connectivity index (χ1n) is 7.34. The molecular formula is C16H20FN3O3S. The number of aryl methyl sites for hydroxylation is 1. The van der Waals surface area contributed by atoms with E-state index in [1.807, 2.05) is 12.3 Å². The number of benzene rings is 1. The molecule has 0 radical (unpaired) electrons. The van der Waals surface area contributed by atoms with Crippen molar-refractivity contribution in [3.63, 3.8) is 0 Å². The average Bonchev–Trinajstić information content (AvgIpc) is 2.94. The molecule has 0 saturated carbocycles. The first-order valence-corrected chi connectivity index (χ1v) is 8.22. The molecule has 1 aromatic carbocycles. The highest BCUT2D eigenvalue weighted by molar-refractivity contribution is 7.09. The summed E-state index contributed by atoms with van der Waals surface area (Å²) in [6.45, 7) is 2.93. The number of hydrogen-bond donors (Lipinski definition) is 1. The Morgan fingerprint density at radius 1 is 1.42 bits per heavy atom. The zero-order valence-electron chi connectivity index (χ0n) is 13.8. The fourth-order valence-corrected chi connectivity index (χ4v) is 2.55. The summed E-state index contributed by atoms with van der Waals surface area (Å²) in [6.07, 6.45) is 0. The molecule has 1 N–H and O–H groups in total. The minimum absolute atomic E-state index is 0.122. The van der Waals surface area contributed by atoms with E-state index in [0.717, 1.165) is 10.7 Å². The van der Waals surface area contributed by atoms with Gasteiger partial charge in [0.25, 0.3) is 0 Å². The van der Waals surface area contributed by atoms with Crippen LogP contribution in [-0.4, -0.2) is 43.3 Å². The maximum absolute atomic E-state index is 13.9. The molecule has 1 aromatic heterocycles. The number of rotatable bonds is 7. The van der Waals surface area contributed by atoms with Gasteiger partial charge in [-0.3, -0.25) is 0 Å². The molecule has 0 fully saturated rings. The topological polar surface area (TPSA) is 63.7 Å². The van der Waals surface area contributed by atoms with Gasteiger partial charge < -0.3 is 19.7 Å². The number of nitrogens with one attached hydrogen (secondary N) is 1. The number of aromatic nitrogens is 1. The van der Waals surface area contributed by atoms with Gasteiger partial charge in [0.05, 0.1) is 23.9 Å². The highest BCUT2D eigenvalue weighted by atomic mass is 32.1. The molecule has 0 bridgehead atoms. The lowest BCUT2D eigenvalue weighted by Crippen LogP contribution is -2.31. The molecule has 6 nitrogen and oxygen atoms in total. The number of anilines is 1. The quantitative estimate of drug-likeness (QED) is 0.776. The minimum atomic E-state index is -0.540. The summed E-state index contributed by atoms with van der Waals surface area (Å²) in [5, 5.41) is 5.50. The molecule has 0 spiro atoms. The predicted molar refractivity (Wildman–Crippen MR) is 91.1 cm³/mol. The summed E-state index contributed by atoms with van der Waals surface area (Å²) in [5.74, 6) is -0.418. The van der Waals surface area contributed by atoms with Gasteiger partial charge in [0.15, 0.2) is 11.6 Å². The van der Waals surface area contributed by atoms with Crippen LogP contribution in [0.25, 0.3) is 0 Å². The van der Waals surface area contributed by atoms with E-state index in [4.69, 9.17) is 9.47 Å². The molecule has 130 valence electrons. The SMILES string of the molecule is COCCOc1ccc(NC(=O)N(C)Cc2csc(C)n2)cc1F. The van der Waals surface area contributed by atoms with Gasteiger partial charge in [0, 0.05) is 31.3 Å². The van der Waals surface area contributed by atoms with Crippen LogP contribution in [-0.2, 0) is 11.3 Å². The number of thiazole rings is 1. The number of halogens is 1. The number of hydrogen-bond acceptors (Lipinski definition) is 5. The molecule has 0 unspecified atom stereocenters. The molecule has 2 amide bonds. The Morgan fingerprint density at radius 3 is 2.83 bits per heavy atom. The van der Waals surface area contributed by atoms with Crippen molar-refractivity contribution in [2.24, 2.45) is 0 Å². The van der Waals surface area contributed by atoms with Gasteiger partial charge in [-0.2, -0.15) is 0 Å². The van der Waals surface area contributed by atoms with Gasteiger partial charge in [-0.05, 0) is 19.1 Å². The number of nitrogens with zero attached hydrogens (tertiary/aromatic N) is 2. The van der Waals surface area contributed by atoms with E-state index in [9.17, 15) is 9.18 Å². The molecule has 8 heteroatoms. The van der Waals surface area contributed by atoms with Crippen LogP contribution >= 0.6 is 11.3 Å². The first kappa shape index (κ1) is 18.2. The molecule has 1 heterocycles. The number of methoxy groups -OCH3 is 1. The maximum Gasteiger partial charge on any atom is 0.321 e. The average molecular weight is 353 g/mol. The fraction of sp³-hybridized carbons (Fsp3) is 0.375. The summed E-state index contributed by atoms with van der Waals surface area (Å²) in [7, 11) is 3.20. The van der Waals surface area contributed by atoms with E-state index in [1.54, 1.807) is 20.2 Å². The third-order valence-electron chi connectivity index (χ3n) is 3.14. The van der Waals surface area contributed by atoms with Gasteiger partial charge >= 0.3 is 6.03 Å². The molecule has 2 aromatic rings. The second-order valence-corrected chi connectivity index (χ2v) is 6.19. The van der Waals surface area contributed by atoms with Crippen molar-refractivity contribution in [3.05, 3.63) is 40.1 Å². The number of carbonyl (C=O) groups is 1.